The molecule has 0 saturated carbocycles. The van der Waals surface area contributed by atoms with Gasteiger partial charge in [0.15, 0.2) is 0 Å². The number of nitriles is 1. The summed E-state index contributed by atoms with van der Waals surface area (Å²) in [5.41, 5.74) is 2.38. The summed E-state index contributed by atoms with van der Waals surface area (Å²) in [6.45, 7) is 1.23. The normalized spacial score (nSPS) is 15.6. The fraction of sp³-hybridized carbons (Fsp3) is 0.357. The van der Waals surface area contributed by atoms with E-state index in [0.29, 0.717) is 31.6 Å². The zero-order valence-electron chi connectivity index (χ0n) is 11.0. The predicted molar refractivity (Wildman–Crippen MR) is 74.8 cm³/mol. The molecule has 0 bridgehead atoms. The van der Waals surface area contributed by atoms with Gasteiger partial charge in [-0.2, -0.15) is 5.26 Å². The summed E-state index contributed by atoms with van der Waals surface area (Å²) in [7, 11) is 0. The lowest BCUT2D eigenvalue weighted by atomic mass is 9.99. The van der Waals surface area contributed by atoms with Gasteiger partial charge in [-0.3, -0.25) is 4.79 Å². The molecule has 0 unspecified atom stereocenters. The molecule has 1 aromatic carbocycles. The molecule has 1 aliphatic heterocycles. The molecule has 0 atom stereocenters. The summed E-state index contributed by atoms with van der Waals surface area (Å²) in [5, 5.41) is 23.5. The molecule has 6 heteroatoms. The lowest BCUT2D eigenvalue weighted by Gasteiger charge is -2.30. The molecule has 1 amide bonds. The molecule has 0 radical (unpaired) electrons. The van der Waals surface area contributed by atoms with E-state index in [1.54, 1.807) is 0 Å². The van der Waals surface area contributed by atoms with Crippen LogP contribution >= 0.6 is 0 Å². The Labute approximate surface area is 117 Å². The van der Waals surface area contributed by atoms with Crippen molar-refractivity contribution in [3.8, 4) is 6.07 Å². The van der Waals surface area contributed by atoms with Gasteiger partial charge in [0, 0.05) is 30.8 Å². The number of hydrogen-bond donors (Lipinski definition) is 2. The monoisotopic (exact) mass is 272 g/mol. The van der Waals surface area contributed by atoms with Gasteiger partial charge in [-0.15, -0.1) is 0 Å². The molecule has 104 valence electrons. The maximum Gasteiger partial charge on any atom is 0.239 e. The number of para-hydroxylation sites is 1. The second kappa shape index (κ2) is 6.57. The second-order valence-electron chi connectivity index (χ2n) is 4.49. The van der Waals surface area contributed by atoms with Gasteiger partial charge in [-0.25, -0.2) is 0 Å². The van der Waals surface area contributed by atoms with Crippen LogP contribution in [-0.2, 0) is 4.79 Å². The average molecular weight is 272 g/mol. The number of nitrogens with zero attached hydrogens (tertiary/aromatic N) is 3. The van der Waals surface area contributed by atoms with Crippen LogP contribution < -0.4 is 10.2 Å². The molecule has 1 aromatic rings. The topological polar surface area (TPSA) is 88.7 Å². The van der Waals surface area contributed by atoms with Crippen LogP contribution in [0.4, 0.5) is 5.69 Å². The van der Waals surface area contributed by atoms with Crippen molar-refractivity contribution < 1.29 is 10.0 Å². The number of carbonyl (C=O) groups is 1. The van der Waals surface area contributed by atoms with Crippen LogP contribution in [-0.4, -0.2) is 36.5 Å². The number of amides is 1. The molecule has 6 nitrogen and oxygen atoms in total. The van der Waals surface area contributed by atoms with E-state index >= 15 is 0 Å². The smallest absolute Gasteiger partial charge is 0.239 e. The minimum absolute atomic E-state index is 0.112. The van der Waals surface area contributed by atoms with E-state index in [9.17, 15) is 4.79 Å². The van der Waals surface area contributed by atoms with E-state index in [-0.39, 0.29) is 12.5 Å². The number of anilines is 1. The van der Waals surface area contributed by atoms with Gasteiger partial charge < -0.3 is 15.4 Å². The molecule has 0 spiro atoms. The first-order valence-electron chi connectivity index (χ1n) is 6.45. The van der Waals surface area contributed by atoms with Gasteiger partial charge in [-0.1, -0.05) is 23.4 Å². The summed E-state index contributed by atoms with van der Waals surface area (Å²) < 4.78 is 0. The van der Waals surface area contributed by atoms with E-state index < -0.39 is 0 Å². The number of oxime groups is 1. The highest BCUT2D eigenvalue weighted by molar-refractivity contribution is 6.07. The van der Waals surface area contributed by atoms with E-state index in [4.69, 9.17) is 10.5 Å². The first-order valence-corrected chi connectivity index (χ1v) is 6.45. The zero-order chi connectivity index (χ0) is 14.4. The van der Waals surface area contributed by atoms with E-state index in [0.717, 1.165) is 11.3 Å². The highest BCUT2D eigenvalue weighted by Gasteiger charge is 2.22. The Morgan fingerprint density at radius 2 is 2.30 bits per heavy atom. The Morgan fingerprint density at radius 3 is 3.05 bits per heavy atom. The number of benzene rings is 1. The van der Waals surface area contributed by atoms with Gasteiger partial charge in [0.1, 0.15) is 0 Å². The minimum atomic E-state index is -0.112. The molecule has 2 rings (SSSR count). The summed E-state index contributed by atoms with van der Waals surface area (Å²) in [4.78, 5) is 13.8. The van der Waals surface area contributed by atoms with Gasteiger partial charge in [-0.05, 0) is 6.07 Å². The third-order valence-electron chi connectivity index (χ3n) is 3.19. The van der Waals surface area contributed by atoms with Crippen LogP contribution in [0.3, 0.4) is 0 Å². The summed E-state index contributed by atoms with van der Waals surface area (Å²) in [6.07, 6.45) is 0.905. The molecule has 0 aromatic heterocycles. The van der Waals surface area contributed by atoms with Crippen LogP contribution in [0.1, 0.15) is 18.4 Å². The first kappa shape index (κ1) is 13.9. The van der Waals surface area contributed by atoms with E-state index in [2.05, 4.69) is 10.5 Å². The molecule has 1 aliphatic rings. The first-order chi connectivity index (χ1) is 9.76. The molecular weight excluding hydrogens is 256 g/mol. The fourth-order valence-corrected chi connectivity index (χ4v) is 2.24. The predicted octanol–water partition coefficient (Wildman–Crippen LogP) is 1.10. The second-order valence-corrected chi connectivity index (χ2v) is 4.49. The number of rotatable bonds is 4. The maximum atomic E-state index is 11.8. The quantitative estimate of drug-likeness (QED) is 0.488. The van der Waals surface area contributed by atoms with Gasteiger partial charge in [0.25, 0.3) is 0 Å². The highest BCUT2D eigenvalue weighted by Crippen LogP contribution is 2.26. The minimum Gasteiger partial charge on any atom is -0.411 e. The van der Waals surface area contributed by atoms with Crippen molar-refractivity contribution in [2.75, 3.05) is 24.5 Å². The van der Waals surface area contributed by atoms with E-state index in [1.807, 2.05) is 35.2 Å². The Hall–Kier alpha value is -2.55. The van der Waals surface area contributed by atoms with Gasteiger partial charge in [0.2, 0.25) is 5.91 Å². The fourth-order valence-electron chi connectivity index (χ4n) is 2.24. The Morgan fingerprint density at radius 1 is 1.50 bits per heavy atom. The molecule has 2 N–H and O–H groups in total. The van der Waals surface area contributed by atoms with Crippen LogP contribution in [0.15, 0.2) is 29.4 Å². The summed E-state index contributed by atoms with van der Waals surface area (Å²) in [6, 6.07) is 9.53. The van der Waals surface area contributed by atoms with Crippen molar-refractivity contribution in [1.82, 2.24) is 5.32 Å². The van der Waals surface area contributed by atoms with Crippen LogP contribution in [0.5, 0.6) is 0 Å². The van der Waals surface area contributed by atoms with Gasteiger partial charge >= 0.3 is 0 Å². The number of fused-ring (bicyclic) bond motifs is 1. The molecular formula is C14H16N4O2. The highest BCUT2D eigenvalue weighted by atomic mass is 16.4. The van der Waals surface area contributed by atoms with Crippen molar-refractivity contribution >= 4 is 17.3 Å². The van der Waals surface area contributed by atoms with Crippen molar-refractivity contribution in [2.45, 2.75) is 12.8 Å². The Kier molecular flexibility index (Phi) is 4.56. The third-order valence-corrected chi connectivity index (χ3v) is 3.19. The summed E-state index contributed by atoms with van der Waals surface area (Å²) >= 11 is 0. The van der Waals surface area contributed by atoms with Crippen molar-refractivity contribution in [1.29, 1.82) is 5.26 Å². The van der Waals surface area contributed by atoms with Crippen LogP contribution in [0.2, 0.25) is 0 Å². The number of nitrogens with one attached hydrogen (secondary N) is 1. The largest absolute Gasteiger partial charge is 0.411 e. The Balaban J connectivity index is 2.07. The number of carbonyl (C=O) groups excluding carboxylic acids is 1. The molecule has 0 aliphatic carbocycles. The SMILES string of the molecule is N#CCCNC(=O)CN1CCC(=NO)c2ccccc21. The summed E-state index contributed by atoms with van der Waals surface area (Å²) in [5.74, 6) is -0.112. The van der Waals surface area contributed by atoms with Crippen molar-refractivity contribution in [2.24, 2.45) is 5.16 Å². The number of hydrogen-bond acceptors (Lipinski definition) is 5. The zero-order valence-corrected chi connectivity index (χ0v) is 11.0. The van der Waals surface area contributed by atoms with Crippen LogP contribution in [0.25, 0.3) is 0 Å². The van der Waals surface area contributed by atoms with Crippen LogP contribution in [0, 0.1) is 11.3 Å². The lowest BCUT2D eigenvalue weighted by molar-refractivity contribution is -0.119. The molecule has 0 saturated heterocycles. The molecule has 0 fully saturated rings. The lowest BCUT2D eigenvalue weighted by Crippen LogP contribution is -2.41. The molecule has 20 heavy (non-hydrogen) atoms. The standard InChI is InChI=1S/C14H16N4O2/c15-7-3-8-16-14(19)10-18-9-6-12(17-20)11-4-1-2-5-13(11)18/h1-2,4-5,20H,3,6,8-10H2,(H,16,19). The van der Waals surface area contributed by atoms with Crippen molar-refractivity contribution in [3.05, 3.63) is 29.8 Å². The van der Waals surface area contributed by atoms with Crippen molar-refractivity contribution in [3.63, 3.8) is 0 Å². The Bertz CT molecular complexity index is 563. The average Bonchev–Trinajstić information content (AvgIpc) is 2.48. The maximum absolute atomic E-state index is 11.8. The van der Waals surface area contributed by atoms with Gasteiger partial charge in [0.05, 0.1) is 24.7 Å². The third kappa shape index (κ3) is 3.06. The molecule has 1 heterocycles. The van der Waals surface area contributed by atoms with E-state index in [1.165, 1.54) is 0 Å².